The van der Waals surface area contributed by atoms with Crippen LogP contribution in [0.2, 0.25) is 0 Å². The largest absolute Gasteiger partial charge is 0.355 e. The highest BCUT2D eigenvalue weighted by Gasteiger charge is 2.11. The Hall–Kier alpha value is -0.870. The Labute approximate surface area is 98.1 Å². The number of carbonyl (C=O) groups is 1. The smallest absolute Gasteiger partial charge is 0.234 e. The van der Waals surface area contributed by atoms with Crippen LogP contribution in [0.5, 0.6) is 0 Å². The van der Waals surface area contributed by atoms with Gasteiger partial charge >= 0.3 is 0 Å². The van der Waals surface area contributed by atoms with Crippen molar-refractivity contribution in [3.8, 4) is 0 Å². The highest BCUT2D eigenvalue weighted by molar-refractivity contribution is 5.77. The molecule has 0 aromatic rings. The normalized spacial score (nSPS) is 18.6. The summed E-state index contributed by atoms with van der Waals surface area (Å²) in [6, 6.07) is 0. The van der Waals surface area contributed by atoms with Crippen LogP contribution in [0, 0.1) is 0 Å². The number of hydrogen-bond acceptors (Lipinski definition) is 3. The van der Waals surface area contributed by atoms with Gasteiger partial charge in [0.2, 0.25) is 5.91 Å². The first kappa shape index (κ1) is 13.2. The zero-order valence-electron chi connectivity index (χ0n) is 10.2. The monoisotopic (exact) mass is 225 g/mol. The minimum atomic E-state index is 0.145. The molecule has 0 atom stereocenters. The van der Waals surface area contributed by atoms with Gasteiger partial charge in [0.05, 0.1) is 6.54 Å². The van der Waals surface area contributed by atoms with E-state index in [1.165, 1.54) is 0 Å². The Bertz CT molecular complexity index is 220. The lowest BCUT2D eigenvalue weighted by Crippen LogP contribution is -2.39. The predicted molar refractivity (Wildman–Crippen MR) is 66.4 cm³/mol. The number of allylic oxidation sites excluding steroid dienone is 1. The summed E-state index contributed by atoms with van der Waals surface area (Å²) < 4.78 is 0. The number of rotatable bonds is 5. The van der Waals surface area contributed by atoms with Gasteiger partial charge in [0, 0.05) is 19.6 Å². The molecule has 1 fully saturated rings. The Morgan fingerprint density at radius 3 is 3.12 bits per heavy atom. The molecule has 2 N–H and O–H groups in total. The second kappa shape index (κ2) is 8.30. The fourth-order valence-corrected chi connectivity index (χ4v) is 1.78. The van der Waals surface area contributed by atoms with Crippen molar-refractivity contribution < 1.29 is 4.79 Å². The van der Waals surface area contributed by atoms with Crippen molar-refractivity contribution in [1.82, 2.24) is 15.5 Å². The molecule has 4 nitrogen and oxygen atoms in total. The summed E-state index contributed by atoms with van der Waals surface area (Å²) in [5.41, 5.74) is 0. The van der Waals surface area contributed by atoms with Crippen LogP contribution in [-0.4, -0.2) is 50.1 Å². The molecule has 16 heavy (non-hydrogen) atoms. The van der Waals surface area contributed by atoms with Crippen LogP contribution in [0.3, 0.4) is 0 Å². The SMILES string of the molecule is C/C=C/CCNC(=O)CN1CCCNCC1. The maximum atomic E-state index is 11.6. The number of nitrogens with one attached hydrogen (secondary N) is 2. The van der Waals surface area contributed by atoms with E-state index >= 15 is 0 Å². The molecule has 0 saturated carbocycles. The van der Waals surface area contributed by atoms with Gasteiger partial charge in [-0.1, -0.05) is 12.2 Å². The van der Waals surface area contributed by atoms with Crippen LogP contribution in [0.25, 0.3) is 0 Å². The third-order valence-electron chi connectivity index (χ3n) is 2.67. The molecule has 1 heterocycles. The molecule has 0 radical (unpaired) electrons. The first-order chi connectivity index (χ1) is 7.83. The van der Waals surface area contributed by atoms with Crippen molar-refractivity contribution in [2.24, 2.45) is 0 Å². The molecule has 1 amide bonds. The molecule has 92 valence electrons. The van der Waals surface area contributed by atoms with E-state index < -0.39 is 0 Å². The van der Waals surface area contributed by atoms with Crippen molar-refractivity contribution in [2.75, 3.05) is 39.3 Å². The second-order valence-corrected chi connectivity index (χ2v) is 4.09. The van der Waals surface area contributed by atoms with E-state index in [0.717, 1.165) is 45.6 Å². The molecule has 1 aliphatic rings. The van der Waals surface area contributed by atoms with E-state index in [-0.39, 0.29) is 5.91 Å². The van der Waals surface area contributed by atoms with Gasteiger partial charge in [-0.05, 0) is 32.9 Å². The lowest BCUT2D eigenvalue weighted by atomic mass is 10.3. The molecular formula is C12H23N3O. The topological polar surface area (TPSA) is 44.4 Å². The maximum absolute atomic E-state index is 11.6. The average Bonchev–Trinajstić information content (AvgIpc) is 2.53. The number of hydrogen-bond donors (Lipinski definition) is 2. The minimum absolute atomic E-state index is 0.145. The quantitative estimate of drug-likeness (QED) is 0.525. The van der Waals surface area contributed by atoms with Gasteiger partial charge < -0.3 is 10.6 Å². The highest BCUT2D eigenvalue weighted by atomic mass is 16.2. The van der Waals surface area contributed by atoms with E-state index in [4.69, 9.17) is 0 Å². The Morgan fingerprint density at radius 1 is 1.44 bits per heavy atom. The molecule has 1 aliphatic heterocycles. The lowest BCUT2D eigenvalue weighted by Gasteiger charge is -2.18. The van der Waals surface area contributed by atoms with Crippen molar-refractivity contribution >= 4 is 5.91 Å². The van der Waals surface area contributed by atoms with Crippen molar-refractivity contribution in [1.29, 1.82) is 0 Å². The molecule has 4 heteroatoms. The van der Waals surface area contributed by atoms with Gasteiger partial charge in [-0.15, -0.1) is 0 Å². The van der Waals surface area contributed by atoms with Crippen molar-refractivity contribution in [2.45, 2.75) is 19.8 Å². The van der Waals surface area contributed by atoms with Crippen LogP contribution in [-0.2, 0) is 4.79 Å². The summed E-state index contributed by atoms with van der Waals surface area (Å²) in [7, 11) is 0. The molecule has 0 unspecified atom stereocenters. The number of carbonyl (C=O) groups excluding carboxylic acids is 1. The summed E-state index contributed by atoms with van der Waals surface area (Å²) >= 11 is 0. The van der Waals surface area contributed by atoms with Gasteiger partial charge in [0.15, 0.2) is 0 Å². The van der Waals surface area contributed by atoms with E-state index in [2.05, 4.69) is 21.6 Å². The first-order valence-corrected chi connectivity index (χ1v) is 6.14. The fourth-order valence-electron chi connectivity index (χ4n) is 1.78. The summed E-state index contributed by atoms with van der Waals surface area (Å²) in [4.78, 5) is 13.8. The van der Waals surface area contributed by atoms with Crippen LogP contribution in [0.4, 0.5) is 0 Å². The van der Waals surface area contributed by atoms with Crippen molar-refractivity contribution in [3.63, 3.8) is 0 Å². The molecule has 1 rings (SSSR count). The van der Waals surface area contributed by atoms with Crippen LogP contribution >= 0.6 is 0 Å². The average molecular weight is 225 g/mol. The predicted octanol–water partition coefficient (Wildman–Crippen LogP) is 0.364. The van der Waals surface area contributed by atoms with E-state index in [0.29, 0.717) is 6.54 Å². The van der Waals surface area contributed by atoms with E-state index in [1.807, 2.05) is 13.0 Å². The van der Waals surface area contributed by atoms with Gasteiger partial charge in [-0.2, -0.15) is 0 Å². The molecule has 0 spiro atoms. The summed E-state index contributed by atoms with van der Waals surface area (Å²) in [6.45, 7) is 7.33. The third-order valence-corrected chi connectivity index (χ3v) is 2.67. The molecular weight excluding hydrogens is 202 g/mol. The lowest BCUT2D eigenvalue weighted by molar-refractivity contribution is -0.122. The number of nitrogens with zero attached hydrogens (tertiary/aromatic N) is 1. The maximum Gasteiger partial charge on any atom is 0.234 e. The van der Waals surface area contributed by atoms with Crippen LogP contribution in [0.15, 0.2) is 12.2 Å². The standard InChI is InChI=1S/C12H23N3O/c1-2-3-4-7-14-12(16)11-15-9-5-6-13-8-10-15/h2-3,13H,4-11H2,1H3,(H,14,16)/b3-2+. The second-order valence-electron chi connectivity index (χ2n) is 4.09. The third kappa shape index (κ3) is 5.88. The Morgan fingerprint density at radius 2 is 2.31 bits per heavy atom. The van der Waals surface area contributed by atoms with Gasteiger partial charge in [0.1, 0.15) is 0 Å². The first-order valence-electron chi connectivity index (χ1n) is 6.14. The summed E-state index contributed by atoms with van der Waals surface area (Å²) in [6.07, 6.45) is 6.12. The van der Waals surface area contributed by atoms with Gasteiger partial charge in [-0.25, -0.2) is 0 Å². The summed E-state index contributed by atoms with van der Waals surface area (Å²) in [5.74, 6) is 0.145. The van der Waals surface area contributed by atoms with Crippen LogP contribution in [0.1, 0.15) is 19.8 Å². The molecule has 0 aliphatic carbocycles. The van der Waals surface area contributed by atoms with E-state index in [9.17, 15) is 4.79 Å². The molecule has 1 saturated heterocycles. The van der Waals surface area contributed by atoms with Crippen LogP contribution < -0.4 is 10.6 Å². The fraction of sp³-hybridized carbons (Fsp3) is 0.750. The Kier molecular flexibility index (Phi) is 6.85. The zero-order valence-corrected chi connectivity index (χ0v) is 10.2. The minimum Gasteiger partial charge on any atom is -0.355 e. The molecule has 0 bridgehead atoms. The highest BCUT2D eigenvalue weighted by Crippen LogP contribution is 1.94. The Balaban J connectivity index is 2.12. The number of amides is 1. The zero-order chi connectivity index (χ0) is 11.6. The summed E-state index contributed by atoms with van der Waals surface area (Å²) in [5, 5.41) is 6.26. The molecule has 0 aromatic carbocycles. The van der Waals surface area contributed by atoms with E-state index in [1.54, 1.807) is 0 Å². The molecule has 0 aromatic heterocycles. The van der Waals surface area contributed by atoms with Gasteiger partial charge in [0.25, 0.3) is 0 Å². The van der Waals surface area contributed by atoms with Crippen molar-refractivity contribution in [3.05, 3.63) is 12.2 Å². The van der Waals surface area contributed by atoms with Gasteiger partial charge in [-0.3, -0.25) is 9.69 Å².